The van der Waals surface area contributed by atoms with Gasteiger partial charge in [0.05, 0.1) is 30.8 Å². The Hall–Kier alpha value is -2.97. The molecule has 4 rings (SSSR count). The minimum atomic E-state index is -1.21. The quantitative estimate of drug-likeness (QED) is 0.228. The molecular formula is C32H44N2O6. The summed E-state index contributed by atoms with van der Waals surface area (Å²) in [6, 6.07) is 8.07. The van der Waals surface area contributed by atoms with Crippen molar-refractivity contribution in [2.75, 3.05) is 19.8 Å². The third kappa shape index (κ3) is 4.79. The number of fused-ring (bicyclic) bond motifs is 1. The van der Waals surface area contributed by atoms with E-state index in [-0.39, 0.29) is 43.4 Å². The summed E-state index contributed by atoms with van der Waals surface area (Å²) in [5, 5.41) is 10.6. The molecule has 0 saturated carbocycles. The first-order valence-electron chi connectivity index (χ1n) is 14.5. The summed E-state index contributed by atoms with van der Waals surface area (Å²) < 4.78 is 12.4. The Balaban J connectivity index is 1.82. The lowest BCUT2D eigenvalue weighted by Crippen LogP contribution is -2.59. The van der Waals surface area contributed by atoms with Crippen molar-refractivity contribution in [3.63, 3.8) is 0 Å². The largest absolute Gasteiger partial charge is 0.465 e. The number of amides is 2. The number of hydrogen-bond donors (Lipinski definition) is 1. The van der Waals surface area contributed by atoms with Crippen LogP contribution in [0.2, 0.25) is 0 Å². The average Bonchev–Trinajstić information content (AvgIpc) is 3.46. The van der Waals surface area contributed by atoms with Crippen molar-refractivity contribution in [3.05, 3.63) is 61.2 Å². The average molecular weight is 553 g/mol. The molecule has 2 amide bonds. The van der Waals surface area contributed by atoms with Gasteiger partial charge >= 0.3 is 5.97 Å². The molecule has 8 nitrogen and oxygen atoms in total. The summed E-state index contributed by atoms with van der Waals surface area (Å²) in [6.07, 6.45) is 5.00. The number of hydrogen-bond acceptors (Lipinski definition) is 6. The van der Waals surface area contributed by atoms with Crippen molar-refractivity contribution >= 4 is 17.8 Å². The molecule has 1 spiro atoms. The molecule has 2 bridgehead atoms. The maximum atomic E-state index is 14.6. The molecule has 3 heterocycles. The number of esters is 1. The summed E-state index contributed by atoms with van der Waals surface area (Å²) in [5.74, 6) is -2.98. The van der Waals surface area contributed by atoms with Crippen molar-refractivity contribution in [2.24, 2.45) is 23.7 Å². The number of aliphatic hydroxyl groups is 1. The third-order valence-electron chi connectivity index (χ3n) is 9.53. The van der Waals surface area contributed by atoms with Gasteiger partial charge in [-0.25, -0.2) is 0 Å². The second-order valence-electron chi connectivity index (χ2n) is 11.8. The molecule has 1 N–H and O–H groups in total. The Morgan fingerprint density at radius 2 is 1.98 bits per heavy atom. The van der Waals surface area contributed by atoms with E-state index in [0.717, 1.165) is 5.56 Å². The fraction of sp³-hybridized carbons (Fsp3) is 0.594. The molecule has 3 aliphatic rings. The Morgan fingerprint density at radius 3 is 2.58 bits per heavy atom. The maximum Gasteiger partial charge on any atom is 0.312 e. The van der Waals surface area contributed by atoms with Gasteiger partial charge < -0.3 is 24.4 Å². The van der Waals surface area contributed by atoms with Crippen LogP contribution in [0.5, 0.6) is 0 Å². The van der Waals surface area contributed by atoms with Crippen LogP contribution in [-0.2, 0) is 30.4 Å². The summed E-state index contributed by atoms with van der Waals surface area (Å²) in [7, 11) is 0. The number of rotatable bonds is 13. The normalized spacial score (nSPS) is 31.9. The molecule has 0 aromatic heterocycles. The second kappa shape index (κ2) is 11.9. The Labute approximate surface area is 238 Å². The Bertz CT molecular complexity index is 1120. The van der Waals surface area contributed by atoms with E-state index < -0.39 is 41.1 Å². The van der Waals surface area contributed by atoms with E-state index in [2.05, 4.69) is 13.2 Å². The lowest BCUT2D eigenvalue weighted by Gasteiger charge is -2.41. The van der Waals surface area contributed by atoms with Gasteiger partial charge in [-0.1, -0.05) is 69.7 Å². The number of benzene rings is 1. The van der Waals surface area contributed by atoms with Gasteiger partial charge in [-0.05, 0) is 37.2 Å². The molecule has 218 valence electrons. The molecule has 8 atom stereocenters. The number of carbonyl (C=O) groups excluding carboxylic acids is 3. The van der Waals surface area contributed by atoms with Gasteiger partial charge in [-0.15, -0.1) is 13.2 Å². The van der Waals surface area contributed by atoms with Crippen molar-refractivity contribution in [1.29, 1.82) is 0 Å². The first-order valence-corrected chi connectivity index (χ1v) is 14.5. The highest BCUT2D eigenvalue weighted by Gasteiger charge is 2.80. The van der Waals surface area contributed by atoms with Gasteiger partial charge in [0.2, 0.25) is 11.8 Å². The fourth-order valence-corrected chi connectivity index (χ4v) is 7.18. The van der Waals surface area contributed by atoms with Crippen molar-refractivity contribution in [3.8, 4) is 0 Å². The molecule has 0 radical (unpaired) electrons. The molecular weight excluding hydrogens is 508 g/mol. The standard InChI is InChI=1S/C32H44N2O6/c1-7-10-17-39-30(38)26-25-28(36)34(24(20-35)21(4)9-3)27(32(25)18-22(5)31(26,6)40-32)29(37)33(16-8-2)19-23-14-12-11-13-15-23/h7-8,11-15,21-22,24-27,35H,1-2,9-10,16-20H2,3-6H3/t21-,22?,24-,25-,26+,27?,31-,32?/m0/s1. The maximum absolute atomic E-state index is 14.6. The van der Waals surface area contributed by atoms with Gasteiger partial charge in [0.25, 0.3) is 0 Å². The van der Waals surface area contributed by atoms with Gasteiger partial charge in [-0.3, -0.25) is 14.4 Å². The third-order valence-corrected chi connectivity index (χ3v) is 9.53. The van der Waals surface area contributed by atoms with Crippen molar-refractivity contribution in [2.45, 2.75) is 76.8 Å². The van der Waals surface area contributed by atoms with Crippen LogP contribution in [-0.4, -0.2) is 75.7 Å². The smallest absolute Gasteiger partial charge is 0.312 e. The van der Waals surface area contributed by atoms with Crippen LogP contribution in [0.3, 0.4) is 0 Å². The molecule has 40 heavy (non-hydrogen) atoms. The molecule has 3 unspecified atom stereocenters. The number of aliphatic hydroxyl groups excluding tert-OH is 1. The minimum Gasteiger partial charge on any atom is -0.465 e. The number of nitrogens with zero attached hydrogens (tertiary/aromatic N) is 2. The Morgan fingerprint density at radius 1 is 1.27 bits per heavy atom. The molecule has 3 aliphatic heterocycles. The van der Waals surface area contributed by atoms with Crippen LogP contribution in [0.15, 0.2) is 55.6 Å². The predicted octanol–water partition coefficient (Wildman–Crippen LogP) is 3.74. The zero-order valence-corrected chi connectivity index (χ0v) is 24.3. The summed E-state index contributed by atoms with van der Waals surface area (Å²) in [5.41, 5.74) is -1.21. The van der Waals surface area contributed by atoms with Crippen molar-refractivity contribution < 1.29 is 29.0 Å². The zero-order chi connectivity index (χ0) is 29.2. The number of likely N-dealkylation sites (tertiary alicyclic amines) is 1. The number of ether oxygens (including phenoxy) is 2. The first-order chi connectivity index (χ1) is 19.1. The zero-order valence-electron chi connectivity index (χ0n) is 24.3. The summed E-state index contributed by atoms with van der Waals surface area (Å²) >= 11 is 0. The predicted molar refractivity (Wildman–Crippen MR) is 152 cm³/mol. The molecule has 3 saturated heterocycles. The summed E-state index contributed by atoms with van der Waals surface area (Å²) in [4.78, 5) is 45.9. The van der Waals surface area contributed by atoms with Crippen LogP contribution < -0.4 is 0 Å². The van der Waals surface area contributed by atoms with Gasteiger partial charge in [0.1, 0.15) is 17.6 Å². The first kappa shape index (κ1) is 30.0. The molecule has 1 aromatic carbocycles. The van der Waals surface area contributed by atoms with Crippen LogP contribution in [0, 0.1) is 23.7 Å². The van der Waals surface area contributed by atoms with Crippen LogP contribution >= 0.6 is 0 Å². The SMILES string of the molecule is C=CCCOC(=O)[C@H]1[C@H]2C(=O)N([C@@H](CO)[C@@H](C)CC)C(C(=O)N(CC=C)Cc3ccccc3)C23CC(C)[C@]1(C)O3. The highest BCUT2D eigenvalue weighted by atomic mass is 16.6. The topological polar surface area (TPSA) is 96.4 Å². The van der Waals surface area contributed by atoms with E-state index in [1.165, 1.54) is 0 Å². The molecule has 1 aromatic rings. The van der Waals surface area contributed by atoms with Crippen LogP contribution in [0.1, 0.15) is 52.5 Å². The molecule has 3 fully saturated rings. The van der Waals surface area contributed by atoms with Crippen LogP contribution in [0.25, 0.3) is 0 Å². The van der Waals surface area contributed by atoms with E-state index in [4.69, 9.17) is 9.47 Å². The lowest BCUT2D eigenvalue weighted by atomic mass is 9.62. The van der Waals surface area contributed by atoms with Gasteiger partial charge in [0.15, 0.2) is 0 Å². The minimum absolute atomic E-state index is 0.0790. The highest BCUT2D eigenvalue weighted by Crippen LogP contribution is 2.66. The van der Waals surface area contributed by atoms with E-state index in [0.29, 0.717) is 25.8 Å². The highest BCUT2D eigenvalue weighted by molar-refractivity contribution is 5.98. The Kier molecular flexibility index (Phi) is 8.90. The van der Waals surface area contributed by atoms with Crippen molar-refractivity contribution in [1.82, 2.24) is 9.80 Å². The van der Waals surface area contributed by atoms with Gasteiger partial charge in [-0.2, -0.15) is 0 Å². The van der Waals surface area contributed by atoms with Crippen LogP contribution in [0.4, 0.5) is 0 Å². The van der Waals surface area contributed by atoms with Gasteiger partial charge in [0, 0.05) is 13.1 Å². The molecule has 0 aliphatic carbocycles. The monoisotopic (exact) mass is 552 g/mol. The second-order valence-corrected chi connectivity index (χ2v) is 11.8. The van der Waals surface area contributed by atoms with E-state index >= 15 is 0 Å². The summed E-state index contributed by atoms with van der Waals surface area (Å²) in [6.45, 7) is 15.9. The van der Waals surface area contributed by atoms with E-state index in [9.17, 15) is 19.5 Å². The fourth-order valence-electron chi connectivity index (χ4n) is 7.18. The lowest BCUT2D eigenvalue weighted by molar-refractivity contribution is -0.164. The van der Waals surface area contributed by atoms with E-state index in [1.54, 1.807) is 22.0 Å². The molecule has 8 heteroatoms. The number of carbonyl (C=O) groups is 3. The van der Waals surface area contributed by atoms with E-state index in [1.807, 2.05) is 58.0 Å².